The molecule has 3 atom stereocenters. The van der Waals surface area contributed by atoms with Gasteiger partial charge in [-0.25, -0.2) is 0 Å². The molecule has 0 aromatic heterocycles. The molecule has 2 aliphatic heterocycles. The molecular weight excluding hydrogens is 352 g/mol. The van der Waals surface area contributed by atoms with Crippen molar-refractivity contribution in [3.8, 4) is 0 Å². The molecule has 2 saturated heterocycles. The first kappa shape index (κ1) is 21.2. The monoisotopic (exact) mass is 388 g/mol. The highest BCUT2D eigenvalue weighted by Gasteiger charge is 2.61. The van der Waals surface area contributed by atoms with Crippen molar-refractivity contribution >= 4 is 22.9 Å². The Labute approximate surface area is 155 Å². The Kier molecular flexibility index (Phi) is 6.39. The van der Waals surface area contributed by atoms with E-state index in [4.69, 9.17) is 17.7 Å². The molecule has 146 valence electrons. The summed E-state index contributed by atoms with van der Waals surface area (Å²) in [5, 5.41) is 0. The number of Topliss-reactive ketones (excluding diaryl/α,β-unsaturated/α-hetero) is 1. The topological polar surface area (TPSA) is 54.0 Å². The molecule has 0 bridgehead atoms. The van der Waals surface area contributed by atoms with Crippen molar-refractivity contribution in [2.24, 2.45) is 0 Å². The lowest BCUT2D eigenvalue weighted by Gasteiger charge is -2.50. The van der Waals surface area contributed by atoms with E-state index in [1.54, 1.807) is 6.92 Å². The zero-order chi connectivity index (χ0) is 19.2. The lowest BCUT2D eigenvalue weighted by molar-refractivity contribution is -0.126. The highest BCUT2D eigenvalue weighted by molar-refractivity contribution is 6.84. The molecule has 2 fully saturated rings. The lowest BCUT2D eigenvalue weighted by atomic mass is 10.1. The van der Waals surface area contributed by atoms with E-state index in [-0.39, 0.29) is 23.0 Å². The number of hydrogen-bond acceptors (Lipinski definition) is 5. The summed E-state index contributed by atoms with van der Waals surface area (Å²) in [4.78, 5) is 12.6. The van der Waals surface area contributed by atoms with Gasteiger partial charge in [-0.3, -0.25) is 4.79 Å². The molecule has 0 saturated carbocycles. The Morgan fingerprint density at radius 1 is 0.880 bits per heavy atom. The summed E-state index contributed by atoms with van der Waals surface area (Å²) in [6.45, 7) is 19.6. The van der Waals surface area contributed by atoms with Crippen LogP contribution in [0.15, 0.2) is 0 Å². The zero-order valence-corrected chi connectivity index (χ0v) is 19.3. The van der Waals surface area contributed by atoms with E-state index in [9.17, 15) is 4.79 Å². The van der Waals surface area contributed by atoms with Gasteiger partial charge in [0, 0.05) is 0 Å². The Morgan fingerprint density at radius 3 is 1.80 bits per heavy atom. The molecule has 2 heterocycles. The van der Waals surface area contributed by atoms with Gasteiger partial charge in [-0.15, -0.1) is 0 Å². The van der Waals surface area contributed by atoms with Crippen LogP contribution in [0.2, 0.25) is 22.2 Å². The molecule has 0 aromatic rings. The fraction of sp³-hybridized carbons (Fsp3) is 0.944. The SMILES string of the molecule is CC(C)[Si]1(C(C)C)OC[C@H]2O[C@@H](C)C(=O)C2O[Si](C(C)C)(C(C)C)O1. The van der Waals surface area contributed by atoms with Crippen LogP contribution in [0, 0.1) is 0 Å². The summed E-state index contributed by atoms with van der Waals surface area (Å²) < 4.78 is 26.2. The number of carbonyl (C=O) groups excluding carboxylic acids is 1. The molecule has 0 spiro atoms. The number of ether oxygens (including phenoxy) is 1. The van der Waals surface area contributed by atoms with Crippen LogP contribution in [0.1, 0.15) is 62.3 Å². The fourth-order valence-corrected chi connectivity index (χ4v) is 15.4. The second-order valence-electron chi connectivity index (χ2n) is 8.73. The fourth-order valence-electron chi connectivity index (χ4n) is 4.20. The average molecular weight is 389 g/mol. The quantitative estimate of drug-likeness (QED) is 0.672. The van der Waals surface area contributed by atoms with Gasteiger partial charge in [0.15, 0.2) is 5.78 Å². The first-order chi connectivity index (χ1) is 11.5. The third-order valence-electron chi connectivity index (χ3n) is 5.72. The molecule has 0 aliphatic carbocycles. The van der Waals surface area contributed by atoms with Crippen LogP contribution in [-0.2, 0) is 22.5 Å². The maximum absolute atomic E-state index is 12.6. The number of carbonyl (C=O) groups is 1. The number of fused-ring (bicyclic) bond motifs is 1. The van der Waals surface area contributed by atoms with Crippen LogP contribution >= 0.6 is 0 Å². The molecular formula is C18H36O5Si2. The minimum Gasteiger partial charge on any atom is -0.414 e. The van der Waals surface area contributed by atoms with E-state index in [2.05, 4.69) is 55.4 Å². The average Bonchev–Trinajstić information content (AvgIpc) is 2.73. The van der Waals surface area contributed by atoms with Crippen LogP contribution in [-0.4, -0.2) is 47.8 Å². The second kappa shape index (κ2) is 7.52. The summed E-state index contributed by atoms with van der Waals surface area (Å²) in [6, 6.07) is 0. The van der Waals surface area contributed by atoms with Gasteiger partial charge in [-0.1, -0.05) is 55.4 Å². The molecule has 2 rings (SSSR count). The smallest absolute Gasteiger partial charge is 0.335 e. The third kappa shape index (κ3) is 3.56. The predicted octanol–water partition coefficient (Wildman–Crippen LogP) is 4.30. The standard InChI is InChI=1S/C18H36O5Si2/c1-11(2)24(12(3)4)20-10-16-18(17(19)15(9)21-16)22-25(23-24,13(5)6)14(7)8/h11-16,18H,10H2,1-9H3/t15-,16+,18?/m0/s1. The first-order valence-electron chi connectivity index (χ1n) is 9.69. The Hall–Kier alpha value is -0.0562. The number of ketones is 1. The van der Waals surface area contributed by atoms with Crippen molar-refractivity contribution in [3.63, 3.8) is 0 Å². The maximum Gasteiger partial charge on any atom is 0.335 e. The van der Waals surface area contributed by atoms with Crippen molar-refractivity contribution < 1.29 is 22.5 Å². The maximum atomic E-state index is 12.6. The summed E-state index contributed by atoms with van der Waals surface area (Å²) in [5.41, 5.74) is 1.05. The van der Waals surface area contributed by atoms with E-state index >= 15 is 0 Å². The molecule has 7 heteroatoms. The highest BCUT2D eigenvalue weighted by Crippen LogP contribution is 2.46. The Bertz CT molecular complexity index is 476. The van der Waals surface area contributed by atoms with E-state index in [1.165, 1.54) is 0 Å². The molecule has 5 nitrogen and oxygen atoms in total. The molecule has 0 N–H and O–H groups in total. The van der Waals surface area contributed by atoms with Crippen LogP contribution < -0.4 is 0 Å². The van der Waals surface area contributed by atoms with Crippen LogP contribution in [0.4, 0.5) is 0 Å². The van der Waals surface area contributed by atoms with Crippen molar-refractivity contribution in [3.05, 3.63) is 0 Å². The van der Waals surface area contributed by atoms with Crippen LogP contribution in [0.3, 0.4) is 0 Å². The molecule has 2 aliphatic rings. The van der Waals surface area contributed by atoms with Crippen molar-refractivity contribution in [2.45, 2.75) is 103 Å². The summed E-state index contributed by atoms with van der Waals surface area (Å²) in [7, 11) is -5.24. The highest BCUT2D eigenvalue weighted by atomic mass is 28.5. The van der Waals surface area contributed by atoms with Crippen LogP contribution in [0.25, 0.3) is 0 Å². The van der Waals surface area contributed by atoms with Crippen molar-refractivity contribution in [1.82, 2.24) is 0 Å². The largest absolute Gasteiger partial charge is 0.414 e. The summed E-state index contributed by atoms with van der Waals surface area (Å²) in [6.07, 6.45) is -1.31. The Balaban J connectivity index is 2.55. The first-order valence-corrected chi connectivity index (χ1v) is 13.6. The van der Waals surface area contributed by atoms with E-state index < -0.39 is 29.3 Å². The van der Waals surface area contributed by atoms with E-state index in [0.717, 1.165) is 0 Å². The van der Waals surface area contributed by atoms with Crippen LogP contribution in [0.5, 0.6) is 0 Å². The minimum atomic E-state index is -2.70. The molecule has 1 unspecified atom stereocenters. The minimum absolute atomic E-state index is 0.0265. The molecule has 0 aromatic carbocycles. The normalized spacial score (nSPS) is 32.4. The van der Waals surface area contributed by atoms with Gasteiger partial charge in [0.2, 0.25) is 0 Å². The summed E-state index contributed by atoms with van der Waals surface area (Å²) >= 11 is 0. The van der Waals surface area contributed by atoms with Gasteiger partial charge in [0.05, 0.1) is 6.61 Å². The second-order valence-corrected chi connectivity index (χ2v) is 17.6. The number of hydrogen-bond donors (Lipinski definition) is 0. The molecule has 0 amide bonds. The lowest BCUT2D eigenvalue weighted by Crippen LogP contribution is -2.65. The molecule has 0 radical (unpaired) electrons. The zero-order valence-electron chi connectivity index (χ0n) is 17.3. The van der Waals surface area contributed by atoms with Gasteiger partial charge in [-0.2, -0.15) is 0 Å². The third-order valence-corrected chi connectivity index (χ3v) is 16.0. The molecule has 25 heavy (non-hydrogen) atoms. The van der Waals surface area contributed by atoms with Gasteiger partial charge in [-0.05, 0) is 29.1 Å². The summed E-state index contributed by atoms with van der Waals surface area (Å²) in [5.74, 6) is 0.0265. The van der Waals surface area contributed by atoms with E-state index in [1.807, 2.05) is 0 Å². The van der Waals surface area contributed by atoms with Gasteiger partial charge in [0.25, 0.3) is 0 Å². The van der Waals surface area contributed by atoms with Gasteiger partial charge >= 0.3 is 17.1 Å². The number of rotatable bonds is 4. The Morgan fingerprint density at radius 2 is 1.36 bits per heavy atom. The van der Waals surface area contributed by atoms with Gasteiger partial charge in [0.1, 0.15) is 18.3 Å². The van der Waals surface area contributed by atoms with Crippen molar-refractivity contribution in [2.75, 3.05) is 6.61 Å². The van der Waals surface area contributed by atoms with E-state index in [0.29, 0.717) is 17.7 Å². The van der Waals surface area contributed by atoms with Gasteiger partial charge < -0.3 is 17.7 Å². The predicted molar refractivity (Wildman–Crippen MR) is 103 cm³/mol. The van der Waals surface area contributed by atoms with Crippen molar-refractivity contribution in [1.29, 1.82) is 0 Å².